The highest BCUT2D eigenvalue weighted by molar-refractivity contribution is 5.80. The SMILES string of the molecule is CCC(CC)C(O)CNC(=O)CCN1CCCC1=O. The van der Waals surface area contributed by atoms with Gasteiger partial charge in [0.15, 0.2) is 0 Å². The predicted octanol–water partition coefficient (Wildman–Crippen LogP) is 0.912. The molecule has 2 N–H and O–H groups in total. The van der Waals surface area contributed by atoms with E-state index in [-0.39, 0.29) is 17.7 Å². The topological polar surface area (TPSA) is 69.6 Å². The summed E-state index contributed by atoms with van der Waals surface area (Å²) in [5.74, 6) is 0.287. The van der Waals surface area contributed by atoms with Crippen LogP contribution in [-0.4, -0.2) is 47.6 Å². The summed E-state index contributed by atoms with van der Waals surface area (Å²) in [6, 6.07) is 0. The number of hydrogen-bond donors (Lipinski definition) is 2. The molecule has 1 heterocycles. The minimum Gasteiger partial charge on any atom is -0.391 e. The summed E-state index contributed by atoms with van der Waals surface area (Å²) in [5.41, 5.74) is 0. The van der Waals surface area contributed by atoms with Crippen LogP contribution in [0, 0.1) is 5.92 Å². The van der Waals surface area contributed by atoms with E-state index < -0.39 is 6.10 Å². The van der Waals surface area contributed by atoms with Crippen molar-refractivity contribution in [1.82, 2.24) is 10.2 Å². The van der Waals surface area contributed by atoms with Gasteiger partial charge in [-0.05, 0) is 12.3 Å². The monoisotopic (exact) mass is 270 g/mol. The van der Waals surface area contributed by atoms with Gasteiger partial charge in [-0.2, -0.15) is 0 Å². The number of rotatable bonds is 8. The molecule has 0 aromatic rings. The van der Waals surface area contributed by atoms with Crippen molar-refractivity contribution in [3.05, 3.63) is 0 Å². The van der Waals surface area contributed by atoms with Gasteiger partial charge < -0.3 is 15.3 Å². The van der Waals surface area contributed by atoms with Gasteiger partial charge in [-0.25, -0.2) is 0 Å². The van der Waals surface area contributed by atoms with Crippen LogP contribution in [0.3, 0.4) is 0 Å². The lowest BCUT2D eigenvalue weighted by molar-refractivity contribution is -0.128. The van der Waals surface area contributed by atoms with Crippen molar-refractivity contribution in [3.8, 4) is 0 Å². The van der Waals surface area contributed by atoms with E-state index in [9.17, 15) is 14.7 Å². The van der Waals surface area contributed by atoms with E-state index in [4.69, 9.17) is 0 Å². The molecule has 1 atom stereocenters. The van der Waals surface area contributed by atoms with E-state index in [1.54, 1.807) is 4.90 Å². The van der Waals surface area contributed by atoms with Crippen molar-refractivity contribution in [1.29, 1.82) is 0 Å². The van der Waals surface area contributed by atoms with Crippen molar-refractivity contribution in [2.75, 3.05) is 19.6 Å². The van der Waals surface area contributed by atoms with Crippen LogP contribution in [0.25, 0.3) is 0 Å². The van der Waals surface area contributed by atoms with E-state index in [0.29, 0.717) is 25.9 Å². The molecule has 19 heavy (non-hydrogen) atoms. The number of hydrogen-bond acceptors (Lipinski definition) is 3. The van der Waals surface area contributed by atoms with Crippen LogP contribution in [0.2, 0.25) is 0 Å². The Morgan fingerprint density at radius 3 is 2.63 bits per heavy atom. The number of nitrogens with one attached hydrogen (secondary N) is 1. The van der Waals surface area contributed by atoms with Crippen LogP contribution < -0.4 is 5.32 Å². The van der Waals surface area contributed by atoms with Crippen molar-refractivity contribution >= 4 is 11.8 Å². The molecule has 5 heteroatoms. The third-order valence-corrected chi connectivity index (χ3v) is 3.88. The third kappa shape index (κ3) is 5.19. The molecule has 0 aromatic carbocycles. The Labute approximate surface area is 115 Å². The fraction of sp³-hybridized carbons (Fsp3) is 0.857. The second kappa shape index (κ2) is 8.15. The minimum absolute atomic E-state index is 0.0929. The first kappa shape index (κ1) is 16.0. The zero-order chi connectivity index (χ0) is 14.3. The molecule has 0 aliphatic carbocycles. The van der Waals surface area contributed by atoms with Gasteiger partial charge in [0.2, 0.25) is 11.8 Å². The molecule has 0 bridgehead atoms. The van der Waals surface area contributed by atoms with Crippen molar-refractivity contribution < 1.29 is 14.7 Å². The Balaban J connectivity index is 2.18. The van der Waals surface area contributed by atoms with Crippen molar-refractivity contribution in [2.24, 2.45) is 5.92 Å². The van der Waals surface area contributed by atoms with E-state index in [1.807, 2.05) is 13.8 Å². The van der Waals surface area contributed by atoms with Gasteiger partial charge >= 0.3 is 0 Å². The second-order valence-corrected chi connectivity index (χ2v) is 5.18. The fourth-order valence-corrected chi connectivity index (χ4v) is 2.48. The molecule has 0 aromatic heterocycles. The van der Waals surface area contributed by atoms with E-state index in [1.165, 1.54) is 0 Å². The second-order valence-electron chi connectivity index (χ2n) is 5.18. The van der Waals surface area contributed by atoms with Gasteiger partial charge in [0.05, 0.1) is 6.10 Å². The van der Waals surface area contributed by atoms with Crippen molar-refractivity contribution in [3.63, 3.8) is 0 Å². The van der Waals surface area contributed by atoms with Crippen molar-refractivity contribution in [2.45, 2.75) is 52.1 Å². The number of carbonyl (C=O) groups is 2. The summed E-state index contributed by atoms with van der Waals surface area (Å²) in [5, 5.41) is 12.6. The normalized spacial score (nSPS) is 17.1. The van der Waals surface area contributed by atoms with Crippen LogP contribution in [0.1, 0.15) is 46.0 Å². The van der Waals surface area contributed by atoms with Crippen LogP contribution in [0.4, 0.5) is 0 Å². The summed E-state index contributed by atoms with van der Waals surface area (Å²) in [6.45, 7) is 5.64. The fourth-order valence-electron chi connectivity index (χ4n) is 2.48. The highest BCUT2D eigenvalue weighted by Crippen LogP contribution is 2.12. The number of likely N-dealkylation sites (tertiary alicyclic amines) is 1. The largest absolute Gasteiger partial charge is 0.391 e. The third-order valence-electron chi connectivity index (χ3n) is 3.88. The van der Waals surface area contributed by atoms with E-state index in [0.717, 1.165) is 25.8 Å². The molecule has 5 nitrogen and oxygen atoms in total. The first-order valence-corrected chi connectivity index (χ1v) is 7.31. The Hall–Kier alpha value is -1.10. The molecule has 1 aliphatic heterocycles. The lowest BCUT2D eigenvalue weighted by atomic mass is 9.96. The molecule has 0 radical (unpaired) electrons. The molecular weight excluding hydrogens is 244 g/mol. The molecule has 1 rings (SSSR count). The van der Waals surface area contributed by atoms with Gasteiger partial charge in [0.1, 0.15) is 0 Å². The summed E-state index contributed by atoms with van der Waals surface area (Å²) >= 11 is 0. The number of aliphatic hydroxyl groups excluding tert-OH is 1. The van der Waals surface area contributed by atoms with Gasteiger partial charge in [-0.1, -0.05) is 26.7 Å². The summed E-state index contributed by atoms with van der Waals surface area (Å²) in [4.78, 5) is 24.8. The molecule has 1 fully saturated rings. The molecule has 1 saturated heterocycles. The van der Waals surface area contributed by atoms with Crippen LogP contribution in [0.15, 0.2) is 0 Å². The lowest BCUT2D eigenvalue weighted by Gasteiger charge is -2.21. The highest BCUT2D eigenvalue weighted by Gasteiger charge is 2.21. The van der Waals surface area contributed by atoms with Gasteiger partial charge in [0, 0.05) is 32.5 Å². The van der Waals surface area contributed by atoms with Gasteiger partial charge in [-0.15, -0.1) is 0 Å². The number of aliphatic hydroxyl groups is 1. The maximum Gasteiger partial charge on any atom is 0.222 e. The summed E-state index contributed by atoms with van der Waals surface area (Å²) < 4.78 is 0. The van der Waals surface area contributed by atoms with E-state index in [2.05, 4.69) is 5.32 Å². The summed E-state index contributed by atoms with van der Waals surface area (Å²) in [6.07, 6.45) is 3.17. The van der Waals surface area contributed by atoms with Gasteiger partial charge in [-0.3, -0.25) is 9.59 Å². The maximum absolute atomic E-state index is 11.6. The average Bonchev–Trinajstić information content (AvgIpc) is 2.81. The standard InChI is InChI=1S/C14H26N2O3/c1-3-11(4-2)12(17)10-15-13(18)7-9-16-8-5-6-14(16)19/h11-12,17H,3-10H2,1-2H3,(H,15,18). The highest BCUT2D eigenvalue weighted by atomic mass is 16.3. The maximum atomic E-state index is 11.6. The molecule has 0 spiro atoms. The quantitative estimate of drug-likeness (QED) is 0.689. The number of carbonyl (C=O) groups excluding carboxylic acids is 2. The molecule has 2 amide bonds. The summed E-state index contributed by atoms with van der Waals surface area (Å²) in [7, 11) is 0. The molecular formula is C14H26N2O3. The Morgan fingerprint density at radius 1 is 1.42 bits per heavy atom. The zero-order valence-corrected chi connectivity index (χ0v) is 12.0. The Kier molecular flexibility index (Phi) is 6.84. The van der Waals surface area contributed by atoms with E-state index >= 15 is 0 Å². The van der Waals surface area contributed by atoms with Gasteiger partial charge in [0.25, 0.3) is 0 Å². The number of nitrogens with zero attached hydrogens (tertiary/aromatic N) is 1. The van der Waals surface area contributed by atoms with Crippen LogP contribution >= 0.6 is 0 Å². The number of amides is 2. The minimum atomic E-state index is -0.479. The predicted molar refractivity (Wildman–Crippen MR) is 73.5 cm³/mol. The van der Waals surface area contributed by atoms with Crippen LogP contribution in [0.5, 0.6) is 0 Å². The first-order chi connectivity index (χ1) is 9.08. The average molecular weight is 270 g/mol. The molecule has 1 unspecified atom stereocenters. The zero-order valence-electron chi connectivity index (χ0n) is 12.0. The Bertz CT molecular complexity index is 303. The first-order valence-electron chi connectivity index (χ1n) is 7.31. The lowest BCUT2D eigenvalue weighted by Crippen LogP contribution is -2.37. The Morgan fingerprint density at radius 2 is 2.11 bits per heavy atom. The van der Waals surface area contributed by atoms with Crippen LogP contribution in [-0.2, 0) is 9.59 Å². The molecule has 110 valence electrons. The molecule has 0 saturated carbocycles. The smallest absolute Gasteiger partial charge is 0.222 e. The molecule has 1 aliphatic rings.